The van der Waals surface area contributed by atoms with Crippen LogP contribution in [0.25, 0.3) is 0 Å². The van der Waals surface area contributed by atoms with Crippen LogP contribution in [0.4, 0.5) is 28.9 Å². The van der Waals surface area contributed by atoms with E-state index in [1.807, 2.05) is 26.0 Å². The minimum Gasteiger partial charge on any atom is -0.478 e. The molecular weight excluding hydrogens is 528 g/mol. The van der Waals surface area contributed by atoms with Gasteiger partial charge < -0.3 is 19.6 Å². The van der Waals surface area contributed by atoms with Gasteiger partial charge in [-0.3, -0.25) is 0 Å². The number of nitrogens with zero attached hydrogens (tertiary/aromatic N) is 2. The summed E-state index contributed by atoms with van der Waals surface area (Å²) in [4.78, 5) is 28.3. The fourth-order valence-corrected chi connectivity index (χ4v) is 6.58. The molecule has 3 heterocycles. The molecule has 3 aliphatic heterocycles. The molecule has 6 nitrogen and oxygen atoms in total. The molecule has 40 heavy (non-hydrogen) atoms. The monoisotopic (exact) mass is 552 g/mol. The maximum atomic E-state index is 13.7. The second-order valence-electron chi connectivity index (χ2n) is 11.6. The van der Waals surface area contributed by atoms with Gasteiger partial charge in [0.15, 0.2) is 5.60 Å². The summed E-state index contributed by atoms with van der Waals surface area (Å²) in [5.41, 5.74) is 2.08. The van der Waals surface area contributed by atoms with E-state index in [1.54, 1.807) is 34.1 Å². The first-order valence-corrected chi connectivity index (χ1v) is 12.9. The lowest BCUT2D eigenvalue weighted by Gasteiger charge is -2.47. The van der Waals surface area contributed by atoms with E-state index < -0.39 is 61.0 Å². The highest BCUT2D eigenvalue weighted by Gasteiger charge is 2.56. The molecule has 0 aromatic heterocycles. The second kappa shape index (κ2) is 7.56. The molecule has 2 saturated heterocycles. The summed E-state index contributed by atoms with van der Waals surface area (Å²) in [5.74, 6) is -7.35. The van der Waals surface area contributed by atoms with Crippen LogP contribution < -0.4 is 9.80 Å². The van der Waals surface area contributed by atoms with Crippen LogP contribution in [0.2, 0.25) is 0 Å². The molecule has 3 aromatic rings. The molecular formula is C30H24F4N2O4. The number of carboxylic acids is 1. The van der Waals surface area contributed by atoms with E-state index in [9.17, 15) is 32.3 Å². The molecule has 0 radical (unpaired) electrons. The average molecular weight is 553 g/mol. The van der Waals surface area contributed by atoms with E-state index in [0.29, 0.717) is 39.2 Å². The van der Waals surface area contributed by atoms with Gasteiger partial charge in [0, 0.05) is 33.5 Å². The number of halogens is 4. The van der Waals surface area contributed by atoms with E-state index in [-0.39, 0.29) is 11.1 Å². The third-order valence-corrected chi connectivity index (χ3v) is 8.64. The third-order valence-electron chi connectivity index (χ3n) is 8.64. The number of anilines is 2. The predicted octanol–water partition coefficient (Wildman–Crippen LogP) is 5.40. The first-order valence-electron chi connectivity index (χ1n) is 12.9. The number of carboxylic acid groups (broad SMARTS) is 1. The topological polar surface area (TPSA) is 70.1 Å². The Morgan fingerprint density at radius 2 is 1.25 bits per heavy atom. The van der Waals surface area contributed by atoms with Gasteiger partial charge in [-0.05, 0) is 53.6 Å². The van der Waals surface area contributed by atoms with E-state index in [0.717, 1.165) is 0 Å². The zero-order valence-electron chi connectivity index (χ0n) is 21.6. The molecule has 7 rings (SSSR count). The number of esters is 1. The largest absolute Gasteiger partial charge is 0.478 e. The highest BCUT2D eigenvalue weighted by molar-refractivity contribution is 5.99. The third kappa shape index (κ3) is 3.28. The Labute approximate surface area is 226 Å². The lowest BCUT2D eigenvalue weighted by Crippen LogP contribution is -2.56. The van der Waals surface area contributed by atoms with Crippen molar-refractivity contribution in [1.82, 2.24) is 0 Å². The van der Waals surface area contributed by atoms with Crippen molar-refractivity contribution in [2.75, 3.05) is 36.0 Å². The van der Waals surface area contributed by atoms with Gasteiger partial charge in [0.1, 0.15) is 0 Å². The number of fused-ring (bicyclic) bond motifs is 6. The summed E-state index contributed by atoms with van der Waals surface area (Å²) >= 11 is 0. The van der Waals surface area contributed by atoms with Crippen molar-refractivity contribution in [1.29, 1.82) is 0 Å². The summed E-state index contributed by atoms with van der Waals surface area (Å²) in [6.07, 6.45) is 0. The molecule has 0 amide bonds. The highest BCUT2D eigenvalue weighted by Crippen LogP contribution is 2.58. The first-order chi connectivity index (χ1) is 18.7. The fourth-order valence-electron chi connectivity index (χ4n) is 6.58. The summed E-state index contributed by atoms with van der Waals surface area (Å²) in [7, 11) is 0. The highest BCUT2D eigenvalue weighted by atomic mass is 19.3. The number of carbonyl (C=O) groups is 2. The van der Waals surface area contributed by atoms with Crippen molar-refractivity contribution in [3.05, 3.63) is 93.5 Å². The number of aromatic carboxylic acids is 1. The van der Waals surface area contributed by atoms with E-state index >= 15 is 0 Å². The van der Waals surface area contributed by atoms with E-state index in [2.05, 4.69) is 0 Å². The number of benzene rings is 3. The fraction of sp³-hybridized carbons (Fsp3) is 0.333. The van der Waals surface area contributed by atoms with Crippen molar-refractivity contribution in [2.45, 2.75) is 36.7 Å². The minimum absolute atomic E-state index is 0.0248. The molecule has 0 atom stereocenters. The summed E-state index contributed by atoms with van der Waals surface area (Å²) in [6.45, 7) is 2.24. The smallest absolute Gasteiger partial charge is 0.340 e. The van der Waals surface area contributed by atoms with Crippen LogP contribution >= 0.6 is 0 Å². The summed E-state index contributed by atoms with van der Waals surface area (Å²) in [6, 6.07) is 14.8. The van der Waals surface area contributed by atoms with Crippen molar-refractivity contribution >= 4 is 23.3 Å². The molecule has 3 aromatic carbocycles. The Bertz CT molecular complexity index is 1560. The van der Waals surface area contributed by atoms with E-state index in [1.165, 1.54) is 18.2 Å². The van der Waals surface area contributed by atoms with Crippen LogP contribution in [-0.4, -0.2) is 55.1 Å². The normalized spacial score (nSPS) is 22.0. The molecule has 0 saturated carbocycles. The van der Waals surface area contributed by atoms with Gasteiger partial charge in [-0.1, -0.05) is 26.0 Å². The zero-order valence-corrected chi connectivity index (χ0v) is 21.6. The minimum atomic E-state index is -2.78. The quantitative estimate of drug-likeness (QED) is 0.347. The number of rotatable bonds is 3. The molecule has 2 fully saturated rings. The zero-order chi connectivity index (χ0) is 28.4. The molecule has 4 aliphatic rings. The molecule has 1 spiro atoms. The Hall–Kier alpha value is -4.08. The number of hydrogen-bond donors (Lipinski definition) is 1. The molecule has 1 N–H and O–H groups in total. The van der Waals surface area contributed by atoms with Gasteiger partial charge >= 0.3 is 11.9 Å². The van der Waals surface area contributed by atoms with Crippen molar-refractivity contribution in [2.24, 2.45) is 0 Å². The summed E-state index contributed by atoms with van der Waals surface area (Å²) in [5, 5.41) is 9.73. The summed E-state index contributed by atoms with van der Waals surface area (Å²) < 4.78 is 61.1. The van der Waals surface area contributed by atoms with Gasteiger partial charge in [-0.2, -0.15) is 0 Å². The number of hydrogen-bond acceptors (Lipinski definition) is 5. The molecule has 0 bridgehead atoms. The van der Waals surface area contributed by atoms with Gasteiger partial charge in [0.25, 0.3) is 11.8 Å². The lowest BCUT2D eigenvalue weighted by molar-refractivity contribution is -0.0268. The van der Waals surface area contributed by atoms with Crippen molar-refractivity contribution in [3.63, 3.8) is 0 Å². The predicted molar refractivity (Wildman–Crippen MR) is 138 cm³/mol. The van der Waals surface area contributed by atoms with Gasteiger partial charge in [-0.25, -0.2) is 27.2 Å². The van der Waals surface area contributed by atoms with Crippen molar-refractivity contribution in [3.8, 4) is 0 Å². The number of alkyl halides is 4. The van der Waals surface area contributed by atoms with Crippen LogP contribution in [-0.2, 0) is 15.8 Å². The Morgan fingerprint density at radius 1 is 0.750 bits per heavy atom. The van der Waals surface area contributed by atoms with Crippen LogP contribution in [0.1, 0.15) is 62.4 Å². The molecule has 1 aliphatic carbocycles. The van der Waals surface area contributed by atoms with Crippen LogP contribution in [0.15, 0.2) is 54.6 Å². The van der Waals surface area contributed by atoms with Crippen LogP contribution in [0.5, 0.6) is 0 Å². The Kier molecular flexibility index (Phi) is 4.71. The van der Waals surface area contributed by atoms with Crippen LogP contribution in [0, 0.1) is 0 Å². The Morgan fingerprint density at radius 3 is 1.70 bits per heavy atom. The molecule has 10 heteroatoms. The van der Waals surface area contributed by atoms with Gasteiger partial charge in [0.05, 0.1) is 37.3 Å². The standard InChI is InChI=1S/C30H24F4N2O4/c1-27(2)23-10-17(35-12-28(31,32)13-35)4-7-20(23)30(22-9-16(25(37)38)3-6-19(22)26(39)40-30)21-8-5-18(11-24(21)27)36-14-29(33,34)15-36/h3-11H,12-15H2,1-2H3,(H,37,38). The molecule has 206 valence electrons. The van der Waals surface area contributed by atoms with Gasteiger partial charge in [-0.15, -0.1) is 0 Å². The maximum Gasteiger partial charge on any atom is 0.340 e. The number of ether oxygens (including phenoxy) is 1. The first kappa shape index (κ1) is 24.9. The Balaban J connectivity index is 1.48. The maximum absolute atomic E-state index is 13.7. The van der Waals surface area contributed by atoms with Crippen molar-refractivity contribution < 1.29 is 37.0 Å². The molecule has 0 unspecified atom stereocenters. The van der Waals surface area contributed by atoms with E-state index in [4.69, 9.17) is 4.74 Å². The number of carbonyl (C=O) groups excluding carboxylic acids is 1. The van der Waals surface area contributed by atoms with Gasteiger partial charge in [0.2, 0.25) is 0 Å². The SMILES string of the molecule is CC1(C)c2cc(N3CC(F)(F)C3)ccc2C2(OC(=O)c3ccc(C(=O)O)cc32)c2ccc(N3CC(F)(F)C3)cc21. The van der Waals surface area contributed by atoms with Crippen LogP contribution in [0.3, 0.4) is 0 Å². The lowest BCUT2D eigenvalue weighted by atomic mass is 9.61. The average Bonchev–Trinajstić information content (AvgIpc) is 3.16. The second-order valence-corrected chi connectivity index (χ2v) is 11.6.